The van der Waals surface area contributed by atoms with Crippen LogP contribution in [-0.2, 0) is 30.3 Å². The van der Waals surface area contributed by atoms with E-state index in [9.17, 15) is 10.1 Å². The number of rotatable bonds is 9. The molecule has 1 aliphatic rings. The first kappa shape index (κ1) is 21.9. The Morgan fingerprint density at radius 2 is 1.89 bits per heavy atom. The summed E-state index contributed by atoms with van der Waals surface area (Å²) in [7, 11) is 3.02. The van der Waals surface area contributed by atoms with Crippen LogP contribution in [0, 0.1) is 11.3 Å². The number of nitriles is 1. The summed E-state index contributed by atoms with van der Waals surface area (Å²) in [6, 6.07) is 11.0. The highest BCUT2D eigenvalue weighted by Crippen LogP contribution is 2.23. The molecule has 0 fully saturated rings. The fourth-order valence-electron chi connectivity index (χ4n) is 2.93. The largest absolute Gasteiger partial charge is 0.445 e. The molecule has 28 heavy (non-hydrogen) atoms. The van der Waals surface area contributed by atoms with E-state index < -0.39 is 24.3 Å². The fourth-order valence-corrected chi connectivity index (χ4v) is 2.93. The van der Waals surface area contributed by atoms with E-state index in [-0.39, 0.29) is 33.2 Å². The van der Waals surface area contributed by atoms with Gasteiger partial charge in [-0.15, -0.1) is 0 Å². The Morgan fingerprint density at radius 3 is 2.57 bits per heavy atom. The molecule has 0 radical (unpaired) electrons. The summed E-state index contributed by atoms with van der Waals surface area (Å²) < 4.78 is 26.9. The van der Waals surface area contributed by atoms with Gasteiger partial charge in [0.2, 0.25) is 0 Å². The van der Waals surface area contributed by atoms with Crippen LogP contribution >= 0.6 is 0 Å². The number of amides is 1. The maximum atomic E-state index is 12.8. The number of carbonyl (C=O) groups is 1. The number of nitrogens with zero attached hydrogens (tertiary/aromatic N) is 2. The molecule has 152 valence electrons. The quantitative estimate of drug-likeness (QED) is 0.472. The number of hydrogen-bond acceptors (Lipinski definition) is 7. The minimum Gasteiger partial charge on any atom is -0.445 e. The third kappa shape index (κ3) is 6.32. The molecule has 8 heteroatoms. The second-order valence-corrected chi connectivity index (χ2v) is 6.13. The SMILES string of the molecule is COCO[C@@H]1[C@@H](OCOC)C=CCN(C(=O)OCc2ccccc2)[C@H]1CC#N. The predicted molar refractivity (Wildman–Crippen MR) is 100.0 cm³/mol. The lowest BCUT2D eigenvalue weighted by Crippen LogP contribution is -2.51. The maximum absolute atomic E-state index is 12.8. The van der Waals surface area contributed by atoms with Crippen LogP contribution in [0.4, 0.5) is 4.79 Å². The third-order valence-corrected chi connectivity index (χ3v) is 4.23. The molecular formula is C20H26N2O6. The monoisotopic (exact) mass is 390 g/mol. The summed E-state index contributed by atoms with van der Waals surface area (Å²) in [5, 5.41) is 9.32. The zero-order valence-corrected chi connectivity index (χ0v) is 16.2. The smallest absolute Gasteiger partial charge is 0.410 e. The van der Waals surface area contributed by atoms with Gasteiger partial charge in [0, 0.05) is 20.8 Å². The Labute approximate surface area is 165 Å². The number of benzene rings is 1. The van der Waals surface area contributed by atoms with Crippen LogP contribution in [0.5, 0.6) is 0 Å². The fraction of sp³-hybridized carbons (Fsp3) is 0.500. The Kier molecular flexibility index (Phi) is 9.45. The number of carbonyl (C=O) groups excluding carboxylic acids is 1. The lowest BCUT2D eigenvalue weighted by atomic mass is 10.0. The van der Waals surface area contributed by atoms with Gasteiger partial charge < -0.3 is 23.7 Å². The molecule has 2 rings (SSSR count). The van der Waals surface area contributed by atoms with Gasteiger partial charge in [0.25, 0.3) is 0 Å². The average Bonchev–Trinajstić information content (AvgIpc) is 2.89. The Bertz CT molecular complexity index is 660. The van der Waals surface area contributed by atoms with Crippen LogP contribution in [0.3, 0.4) is 0 Å². The van der Waals surface area contributed by atoms with Crippen molar-refractivity contribution in [2.24, 2.45) is 0 Å². The van der Waals surface area contributed by atoms with E-state index in [0.29, 0.717) is 0 Å². The van der Waals surface area contributed by atoms with E-state index in [1.807, 2.05) is 30.3 Å². The molecule has 0 aliphatic carbocycles. The summed E-state index contributed by atoms with van der Waals surface area (Å²) >= 11 is 0. The van der Waals surface area contributed by atoms with Gasteiger partial charge in [0.1, 0.15) is 32.4 Å². The zero-order valence-electron chi connectivity index (χ0n) is 16.2. The van der Waals surface area contributed by atoms with Crippen LogP contribution in [0.25, 0.3) is 0 Å². The van der Waals surface area contributed by atoms with Crippen molar-refractivity contribution in [2.75, 3.05) is 34.4 Å². The van der Waals surface area contributed by atoms with Crippen molar-refractivity contribution in [1.29, 1.82) is 5.26 Å². The molecule has 1 amide bonds. The van der Waals surface area contributed by atoms with E-state index >= 15 is 0 Å². The van der Waals surface area contributed by atoms with Gasteiger partial charge in [-0.3, -0.25) is 4.90 Å². The van der Waals surface area contributed by atoms with Gasteiger partial charge in [0.15, 0.2) is 0 Å². The Hall–Kier alpha value is -2.44. The minimum absolute atomic E-state index is 0.000179. The normalized spacial score (nSPS) is 21.8. The Balaban J connectivity index is 2.15. The molecule has 0 spiro atoms. The van der Waals surface area contributed by atoms with E-state index in [2.05, 4.69) is 6.07 Å². The summed E-state index contributed by atoms with van der Waals surface area (Å²) in [5.41, 5.74) is 0.881. The van der Waals surface area contributed by atoms with Gasteiger partial charge in [0.05, 0.1) is 18.5 Å². The van der Waals surface area contributed by atoms with Crippen molar-refractivity contribution >= 4 is 6.09 Å². The van der Waals surface area contributed by atoms with Gasteiger partial charge >= 0.3 is 6.09 Å². The molecule has 1 aliphatic heterocycles. The van der Waals surface area contributed by atoms with E-state index in [1.54, 1.807) is 12.2 Å². The number of hydrogen-bond donors (Lipinski definition) is 0. The first-order valence-electron chi connectivity index (χ1n) is 8.93. The first-order valence-corrected chi connectivity index (χ1v) is 8.93. The summed E-state index contributed by atoms with van der Waals surface area (Å²) in [4.78, 5) is 14.2. The van der Waals surface area contributed by atoms with E-state index in [4.69, 9.17) is 23.7 Å². The average molecular weight is 390 g/mol. The van der Waals surface area contributed by atoms with Gasteiger partial charge in [-0.25, -0.2) is 4.79 Å². The molecule has 1 aromatic rings. The molecule has 0 saturated heterocycles. The van der Waals surface area contributed by atoms with Crippen LogP contribution < -0.4 is 0 Å². The van der Waals surface area contributed by atoms with E-state index in [0.717, 1.165) is 5.56 Å². The van der Waals surface area contributed by atoms with Crippen molar-refractivity contribution in [3.8, 4) is 6.07 Å². The highest BCUT2D eigenvalue weighted by Gasteiger charge is 2.38. The first-order chi connectivity index (χ1) is 13.7. The van der Waals surface area contributed by atoms with Crippen molar-refractivity contribution in [3.63, 3.8) is 0 Å². The molecular weight excluding hydrogens is 364 g/mol. The van der Waals surface area contributed by atoms with E-state index in [1.165, 1.54) is 19.1 Å². The van der Waals surface area contributed by atoms with Crippen molar-refractivity contribution in [3.05, 3.63) is 48.0 Å². The molecule has 0 aromatic heterocycles. The molecule has 0 bridgehead atoms. The topological polar surface area (TPSA) is 90.2 Å². The van der Waals surface area contributed by atoms with Crippen LogP contribution in [0.1, 0.15) is 12.0 Å². The van der Waals surface area contributed by atoms with Crippen LogP contribution in [0.2, 0.25) is 0 Å². The number of methoxy groups -OCH3 is 2. The number of ether oxygens (including phenoxy) is 5. The minimum atomic E-state index is -0.613. The lowest BCUT2D eigenvalue weighted by molar-refractivity contribution is -0.158. The summed E-state index contributed by atoms with van der Waals surface area (Å²) in [6.07, 6.45) is 2.02. The molecule has 3 atom stereocenters. The second kappa shape index (κ2) is 12.1. The van der Waals surface area contributed by atoms with Crippen molar-refractivity contribution in [1.82, 2.24) is 4.90 Å². The highest BCUT2D eigenvalue weighted by atomic mass is 16.7. The van der Waals surface area contributed by atoms with Gasteiger partial charge in [-0.2, -0.15) is 5.26 Å². The molecule has 1 aromatic carbocycles. The summed E-state index contributed by atoms with van der Waals surface area (Å²) in [5.74, 6) is 0. The summed E-state index contributed by atoms with van der Waals surface area (Å²) in [6.45, 7) is 0.478. The molecule has 0 unspecified atom stereocenters. The Morgan fingerprint density at radius 1 is 1.18 bits per heavy atom. The van der Waals surface area contributed by atoms with Gasteiger partial charge in [-0.05, 0) is 5.56 Å². The van der Waals surface area contributed by atoms with Crippen LogP contribution in [0.15, 0.2) is 42.5 Å². The lowest BCUT2D eigenvalue weighted by Gasteiger charge is -2.35. The standard InChI is InChI=1S/C20H26N2O6/c1-24-14-27-18-9-6-12-22(17(10-11-21)19(18)28-15-25-2)20(23)26-13-16-7-4-3-5-8-16/h3-9,17-19H,10,12-15H2,1-2H3/t17-,18-,19-/m0/s1. The molecule has 1 heterocycles. The molecule has 8 nitrogen and oxygen atoms in total. The zero-order chi connectivity index (χ0) is 20.2. The van der Waals surface area contributed by atoms with Gasteiger partial charge in [-0.1, -0.05) is 42.5 Å². The van der Waals surface area contributed by atoms with Crippen LogP contribution in [-0.4, -0.2) is 63.6 Å². The third-order valence-electron chi connectivity index (χ3n) is 4.23. The highest BCUT2D eigenvalue weighted by molar-refractivity contribution is 5.68. The molecule has 0 saturated carbocycles. The van der Waals surface area contributed by atoms with Crippen molar-refractivity contribution in [2.45, 2.75) is 31.3 Å². The maximum Gasteiger partial charge on any atom is 0.410 e. The van der Waals surface area contributed by atoms with Crippen molar-refractivity contribution < 1.29 is 28.5 Å². The molecule has 0 N–H and O–H groups in total. The second-order valence-electron chi connectivity index (χ2n) is 6.13. The predicted octanol–water partition coefficient (Wildman–Crippen LogP) is 2.46.